The smallest absolute Gasteiger partial charge is 0.455 e. The minimum atomic E-state index is -5.73. The standard InChI is InChI=1S/C49H58N7O19P3S2/c50-48-32(28-56(49(58)53-48)42-18-15-33(72-42)29-71-77(62,63)75-78(64,65)74-76(59,60)61)9-4-19-51-41(57)14-2-1-3-20-52-79(66,67)40-27-34(80(68,69)70)16-17-35(40)43-38-25-30-10-5-21-54-23-7-12-36(44(30)54)46(38)73-47-37-13-8-24-55-22-6-11-31(45(37)55)26-39(43)47/h16-17,25-28,33,42,52H,1-3,5-8,10-15,18-24,29H2,(H7-,50,51,53,57,58,59,60,61,62,63,64,65,68,69,70)/p+1/t33-,42+/m0/s1. The van der Waals surface area contributed by atoms with E-state index in [9.17, 15) is 54.5 Å². The first kappa shape index (κ1) is 58.0. The first-order valence-corrected chi connectivity index (χ1v) is 33.4. The molecule has 1 amide bonds. The molecule has 1 aromatic heterocycles. The van der Waals surface area contributed by atoms with Crippen LogP contribution in [-0.4, -0.2) is 108 Å². The number of sulfonamides is 1. The first-order valence-electron chi connectivity index (χ1n) is 26.0. The second-order valence-electron chi connectivity index (χ2n) is 20.2. The summed E-state index contributed by atoms with van der Waals surface area (Å²) in [5, 5.41) is 4.59. The number of rotatable bonds is 19. The van der Waals surface area contributed by atoms with Gasteiger partial charge in [-0.1, -0.05) is 24.3 Å². The van der Waals surface area contributed by atoms with Crippen molar-refractivity contribution in [3.05, 3.63) is 96.5 Å². The van der Waals surface area contributed by atoms with Gasteiger partial charge in [0.15, 0.2) is 0 Å². The predicted octanol–water partition coefficient (Wildman–Crippen LogP) is 2.54. The molecule has 10 rings (SSSR count). The summed E-state index contributed by atoms with van der Waals surface area (Å²) < 4.78 is 131. The van der Waals surface area contributed by atoms with Crippen LogP contribution in [0, 0.1) is 11.8 Å². The quantitative estimate of drug-likeness (QED) is 0.0194. The van der Waals surface area contributed by atoms with Gasteiger partial charge in [0.1, 0.15) is 36.6 Å². The van der Waals surface area contributed by atoms with Gasteiger partial charge in [0.25, 0.3) is 10.1 Å². The number of carbonyl (C=O) groups excluding carboxylic acids is 1. The molecule has 1 saturated heterocycles. The minimum Gasteiger partial charge on any atom is -0.455 e. The van der Waals surface area contributed by atoms with Crippen LogP contribution in [0.25, 0.3) is 5.57 Å². The van der Waals surface area contributed by atoms with Gasteiger partial charge < -0.3 is 45.0 Å². The summed E-state index contributed by atoms with van der Waals surface area (Å²) in [5.41, 5.74) is 12.5. The van der Waals surface area contributed by atoms with E-state index in [0.717, 1.165) is 121 Å². The van der Waals surface area contributed by atoms with Gasteiger partial charge >= 0.3 is 29.2 Å². The summed E-state index contributed by atoms with van der Waals surface area (Å²) in [6.07, 6.45) is 7.81. The second-order valence-corrected chi connectivity index (χ2v) is 27.7. The molecule has 9 N–H and O–H groups in total. The molecule has 6 aliphatic rings. The average molecular weight is 1210 g/mol. The zero-order valence-electron chi connectivity index (χ0n) is 42.9. The van der Waals surface area contributed by atoms with Crippen LogP contribution in [0.1, 0.15) is 109 Å². The van der Waals surface area contributed by atoms with Gasteiger partial charge in [-0.2, -0.15) is 22.0 Å². The second kappa shape index (κ2) is 22.9. The monoisotopic (exact) mass is 1210 g/mol. The highest BCUT2D eigenvalue weighted by atomic mass is 32.2. The summed E-state index contributed by atoms with van der Waals surface area (Å²) in [6.45, 7) is 2.85. The number of amides is 1. The number of nitrogen functional groups attached to an aromatic ring is 1. The highest BCUT2D eigenvalue weighted by molar-refractivity contribution is 7.89. The predicted molar refractivity (Wildman–Crippen MR) is 286 cm³/mol. The minimum absolute atomic E-state index is 0.0518. The lowest BCUT2D eigenvalue weighted by atomic mass is 9.82. The summed E-state index contributed by atoms with van der Waals surface area (Å²) in [5.74, 6) is 6.27. The van der Waals surface area contributed by atoms with Crippen LogP contribution in [0.3, 0.4) is 0 Å². The summed E-state index contributed by atoms with van der Waals surface area (Å²) >= 11 is 0. The molecule has 6 aliphatic heterocycles. The largest absolute Gasteiger partial charge is 0.490 e. The molecule has 1 fully saturated rings. The first-order chi connectivity index (χ1) is 37.8. The van der Waals surface area contributed by atoms with Crippen molar-refractivity contribution in [2.75, 3.05) is 56.5 Å². The number of aryl methyl sites for hydroxylation is 2. The molecular formula is C49H59N7O19P3S2+. The van der Waals surface area contributed by atoms with E-state index in [0.29, 0.717) is 36.3 Å². The highest BCUT2D eigenvalue weighted by Gasteiger charge is 2.42. The number of carbonyl (C=O) groups is 1. The molecule has 0 bridgehead atoms. The molecule has 4 atom stereocenters. The summed E-state index contributed by atoms with van der Waals surface area (Å²) in [4.78, 5) is 67.4. The molecule has 80 heavy (non-hydrogen) atoms. The molecule has 3 aromatic carbocycles. The number of phosphoric ester groups is 1. The molecule has 0 spiro atoms. The lowest BCUT2D eigenvalue weighted by Gasteiger charge is -2.39. The number of unbranched alkanes of at least 4 members (excludes halogenated alkanes) is 2. The van der Waals surface area contributed by atoms with Gasteiger partial charge in [0.2, 0.25) is 21.3 Å². The molecule has 0 aliphatic carbocycles. The third kappa shape index (κ3) is 12.7. The molecule has 430 valence electrons. The number of ether oxygens (including phenoxy) is 2. The average Bonchev–Trinajstić information content (AvgIpc) is 3.96. The molecule has 26 nitrogen and oxygen atoms in total. The Morgan fingerprint density at radius 3 is 2.38 bits per heavy atom. The molecule has 31 heteroatoms. The van der Waals surface area contributed by atoms with Crippen molar-refractivity contribution in [1.29, 1.82) is 0 Å². The van der Waals surface area contributed by atoms with Gasteiger partial charge in [0.05, 0.1) is 40.2 Å². The van der Waals surface area contributed by atoms with Crippen LogP contribution in [-0.2, 0) is 82.2 Å². The van der Waals surface area contributed by atoms with E-state index in [1.54, 1.807) is 0 Å². The fourth-order valence-corrected chi connectivity index (χ4v) is 16.4. The Balaban J connectivity index is 0.788. The fraction of sp³-hybridized carbons (Fsp3) is 0.469. The van der Waals surface area contributed by atoms with Crippen molar-refractivity contribution in [3.63, 3.8) is 0 Å². The van der Waals surface area contributed by atoms with Crippen LogP contribution in [0.4, 0.5) is 11.5 Å². The van der Waals surface area contributed by atoms with Crippen molar-refractivity contribution < 1.29 is 82.1 Å². The Labute approximate surface area is 459 Å². The maximum Gasteiger partial charge on any atom is 0.490 e. The van der Waals surface area contributed by atoms with Crippen LogP contribution in [0.2, 0.25) is 0 Å². The number of benzene rings is 3. The van der Waals surface area contributed by atoms with Gasteiger partial charge in [-0.15, -0.1) is 0 Å². The SMILES string of the molecule is Nc1nc(=O)n([C@H]2CC[C@@H](COP(=O)(O)OP(=O)(O)OP(=O)(O)O)O2)cc1C#CCNC(=O)CCCCCNS(=O)(=O)c1cc(S(=O)(=O)O)ccc1C1=c2cc3c4c(c2Oc2c1cc1c5c2CCCN5CCC1)CCC[N+]=4CCC3. The molecule has 0 saturated carbocycles. The topological polar surface area (TPSA) is 375 Å². The van der Waals surface area contributed by atoms with Crippen molar-refractivity contribution in [2.45, 2.75) is 112 Å². The Hall–Kier alpha value is -5.17. The Morgan fingerprint density at radius 2 is 1.61 bits per heavy atom. The number of phosphoric acid groups is 3. The van der Waals surface area contributed by atoms with E-state index in [1.807, 2.05) is 0 Å². The lowest BCUT2D eigenvalue weighted by Crippen LogP contribution is -2.45. The third-order valence-corrected chi connectivity index (χ3v) is 20.8. The molecule has 4 aromatic rings. The van der Waals surface area contributed by atoms with Crippen molar-refractivity contribution in [2.24, 2.45) is 0 Å². The van der Waals surface area contributed by atoms with Gasteiger partial charge in [0, 0.05) is 83.8 Å². The molecular weight excluding hydrogens is 1150 g/mol. The maximum atomic E-state index is 14.6. The maximum absolute atomic E-state index is 14.6. The van der Waals surface area contributed by atoms with Crippen LogP contribution in [0.15, 0.2) is 51.1 Å². The number of hydrogen-bond acceptors (Lipinski definition) is 17. The normalized spacial score (nSPS) is 20.0. The van der Waals surface area contributed by atoms with Crippen molar-refractivity contribution >= 4 is 66.6 Å². The van der Waals surface area contributed by atoms with E-state index in [-0.39, 0.29) is 60.1 Å². The Morgan fingerprint density at radius 1 is 0.875 bits per heavy atom. The van der Waals surface area contributed by atoms with E-state index in [1.165, 1.54) is 29.4 Å². The molecule has 2 unspecified atom stereocenters. The van der Waals surface area contributed by atoms with E-state index >= 15 is 0 Å². The summed E-state index contributed by atoms with van der Waals surface area (Å²) in [6, 6.07) is 7.96. The van der Waals surface area contributed by atoms with Gasteiger partial charge in [-0.3, -0.25) is 18.4 Å². The number of nitrogens with one attached hydrogen (secondary N) is 2. The van der Waals surface area contributed by atoms with Gasteiger partial charge in [-0.25, -0.2) is 36.2 Å². The van der Waals surface area contributed by atoms with Crippen LogP contribution in [0.5, 0.6) is 11.5 Å². The van der Waals surface area contributed by atoms with E-state index in [4.69, 9.17) is 25.0 Å². The lowest BCUT2D eigenvalue weighted by molar-refractivity contribution is -0.120. The zero-order chi connectivity index (χ0) is 56.9. The van der Waals surface area contributed by atoms with E-state index < -0.39 is 73.1 Å². The number of nitrogens with two attached hydrogens (primary N) is 1. The fourth-order valence-electron chi connectivity index (χ4n) is 11.4. The number of nitrogens with zero attached hydrogens (tertiary/aromatic N) is 4. The van der Waals surface area contributed by atoms with E-state index in [2.05, 4.69) is 61.6 Å². The highest BCUT2D eigenvalue weighted by Crippen LogP contribution is 2.66. The zero-order valence-corrected chi connectivity index (χ0v) is 47.3. The molecule has 0 radical (unpaired) electrons. The van der Waals surface area contributed by atoms with Gasteiger partial charge in [-0.05, 0) is 94.0 Å². The number of anilines is 2. The number of fused-ring (bicyclic) bond motifs is 4. The Bertz CT molecular complexity index is 3860. The number of aromatic nitrogens is 2. The third-order valence-electron chi connectivity index (χ3n) is 14.7. The number of hydrogen-bond donors (Lipinski definition) is 8. The van der Waals surface area contributed by atoms with Crippen molar-refractivity contribution in [1.82, 2.24) is 24.2 Å². The van der Waals surface area contributed by atoms with Crippen molar-refractivity contribution in [3.8, 4) is 23.3 Å². The van der Waals surface area contributed by atoms with Crippen LogP contribution >= 0.6 is 23.5 Å². The molecule has 7 heterocycles. The Kier molecular flexibility index (Phi) is 16.6. The summed E-state index contributed by atoms with van der Waals surface area (Å²) in [7, 11) is -26.0. The van der Waals surface area contributed by atoms with Crippen LogP contribution < -0.4 is 46.3 Å².